The van der Waals surface area contributed by atoms with E-state index in [4.69, 9.17) is 19.6 Å². The average molecular weight is 323 g/mol. The molecule has 0 aromatic carbocycles. The van der Waals surface area contributed by atoms with Crippen molar-refractivity contribution in [3.63, 3.8) is 0 Å². The van der Waals surface area contributed by atoms with Crippen molar-refractivity contribution in [3.8, 4) is 0 Å². The minimum absolute atomic E-state index is 0.0939. The van der Waals surface area contributed by atoms with Gasteiger partial charge in [-0.2, -0.15) is 9.78 Å². The Hall–Kier alpha value is -0.690. The minimum Gasteiger partial charge on any atom is -0.480 e. The predicted octanol–water partition coefficient (Wildman–Crippen LogP) is 1.99. The third kappa shape index (κ3) is 2.18. The summed E-state index contributed by atoms with van der Waals surface area (Å²) in [6.45, 7) is 1.47. The van der Waals surface area contributed by atoms with Crippen LogP contribution < -0.4 is 0 Å². The van der Waals surface area contributed by atoms with Crippen molar-refractivity contribution in [2.24, 2.45) is 23.7 Å². The maximum Gasteiger partial charge on any atom is 0.317 e. The fraction of sp³-hybridized carbons (Fsp3) is 0.941. The number of nitrogens with zero attached hydrogens (tertiary/aromatic N) is 1. The smallest absolute Gasteiger partial charge is 0.317 e. The number of rotatable bonds is 2. The van der Waals surface area contributed by atoms with Gasteiger partial charge < -0.3 is 9.84 Å². The highest BCUT2D eigenvalue weighted by atomic mass is 17.3. The monoisotopic (exact) mass is 323 g/mol. The Morgan fingerprint density at radius 1 is 1.00 bits per heavy atom. The molecule has 6 fully saturated rings. The number of carboxylic acids is 1. The van der Waals surface area contributed by atoms with Crippen molar-refractivity contribution in [2.45, 2.75) is 56.5 Å². The predicted molar refractivity (Wildman–Crippen MR) is 79.1 cm³/mol. The number of carbonyl (C=O) groups is 1. The highest BCUT2D eigenvalue weighted by Gasteiger charge is 2.66. The van der Waals surface area contributed by atoms with Crippen molar-refractivity contribution >= 4 is 5.97 Å². The van der Waals surface area contributed by atoms with Crippen molar-refractivity contribution < 1.29 is 24.4 Å². The van der Waals surface area contributed by atoms with Gasteiger partial charge in [-0.3, -0.25) is 9.69 Å². The second kappa shape index (κ2) is 4.91. The zero-order valence-corrected chi connectivity index (χ0v) is 13.4. The third-order valence-electron chi connectivity index (χ3n) is 6.92. The molecule has 0 amide bonds. The summed E-state index contributed by atoms with van der Waals surface area (Å²) in [6, 6.07) is 0. The van der Waals surface area contributed by atoms with Gasteiger partial charge in [0.05, 0.1) is 6.54 Å². The Kier molecular flexibility index (Phi) is 3.12. The first-order valence-corrected chi connectivity index (χ1v) is 9.08. The molecule has 6 heteroatoms. The van der Waals surface area contributed by atoms with Crippen LogP contribution >= 0.6 is 0 Å². The van der Waals surface area contributed by atoms with E-state index in [0.717, 1.165) is 11.8 Å². The topological polar surface area (TPSA) is 68.2 Å². The number of aliphatic carboxylic acids is 1. The maximum atomic E-state index is 10.9. The van der Waals surface area contributed by atoms with Gasteiger partial charge in [-0.05, 0) is 43.9 Å². The number of hydrogen-bond donors (Lipinski definition) is 1. The van der Waals surface area contributed by atoms with Crippen LogP contribution in [0.4, 0.5) is 0 Å². The van der Waals surface area contributed by atoms with Gasteiger partial charge in [-0.15, -0.1) is 0 Å². The van der Waals surface area contributed by atoms with Crippen LogP contribution in [-0.4, -0.2) is 47.2 Å². The number of carboxylic acid groups (broad SMARTS) is 1. The lowest BCUT2D eigenvalue weighted by Crippen LogP contribution is -2.59. The molecule has 4 saturated carbocycles. The van der Waals surface area contributed by atoms with Gasteiger partial charge in [0.15, 0.2) is 0 Å². The van der Waals surface area contributed by atoms with E-state index < -0.39 is 17.5 Å². The van der Waals surface area contributed by atoms with Crippen LogP contribution in [0.2, 0.25) is 0 Å². The Morgan fingerprint density at radius 3 is 2.17 bits per heavy atom. The van der Waals surface area contributed by atoms with Crippen molar-refractivity contribution in [1.29, 1.82) is 0 Å². The molecule has 128 valence electrons. The van der Waals surface area contributed by atoms with Gasteiger partial charge in [-0.25, -0.2) is 0 Å². The van der Waals surface area contributed by atoms with E-state index in [-0.39, 0.29) is 6.54 Å². The van der Waals surface area contributed by atoms with Gasteiger partial charge >= 0.3 is 5.97 Å². The molecule has 2 spiro atoms. The van der Waals surface area contributed by atoms with Crippen molar-refractivity contribution in [2.75, 3.05) is 19.6 Å². The molecule has 0 aromatic rings. The molecule has 6 nitrogen and oxygen atoms in total. The first kappa shape index (κ1) is 14.6. The molecule has 23 heavy (non-hydrogen) atoms. The lowest BCUT2D eigenvalue weighted by Gasteiger charge is -2.57. The van der Waals surface area contributed by atoms with E-state index in [9.17, 15) is 4.79 Å². The molecule has 0 unspecified atom stereocenters. The molecule has 6 rings (SSSR count). The molecule has 2 saturated heterocycles. The summed E-state index contributed by atoms with van der Waals surface area (Å²) >= 11 is 0. The number of ether oxygens (including phenoxy) is 1. The molecule has 4 aliphatic carbocycles. The molecule has 0 atom stereocenters. The molecular weight excluding hydrogens is 298 g/mol. The van der Waals surface area contributed by atoms with Gasteiger partial charge in [0.1, 0.15) is 0 Å². The van der Waals surface area contributed by atoms with E-state index in [1.54, 1.807) is 0 Å². The van der Waals surface area contributed by atoms with Crippen LogP contribution in [-0.2, 0) is 19.3 Å². The van der Waals surface area contributed by atoms with E-state index in [2.05, 4.69) is 0 Å². The Balaban J connectivity index is 1.31. The molecule has 2 heterocycles. The van der Waals surface area contributed by atoms with Crippen molar-refractivity contribution in [3.05, 3.63) is 0 Å². The fourth-order valence-corrected chi connectivity index (χ4v) is 6.04. The van der Waals surface area contributed by atoms with E-state index in [1.807, 2.05) is 4.90 Å². The van der Waals surface area contributed by atoms with E-state index >= 15 is 0 Å². The Labute approximate surface area is 136 Å². The van der Waals surface area contributed by atoms with E-state index in [0.29, 0.717) is 37.8 Å². The second-order valence-electron chi connectivity index (χ2n) is 8.38. The lowest BCUT2D eigenvalue weighted by molar-refractivity contribution is -0.390. The summed E-state index contributed by atoms with van der Waals surface area (Å²) in [6.07, 6.45) is 7.66. The van der Waals surface area contributed by atoms with Crippen LogP contribution in [0.5, 0.6) is 0 Å². The number of piperidine rings is 1. The van der Waals surface area contributed by atoms with Crippen LogP contribution in [0.15, 0.2) is 0 Å². The first-order valence-electron chi connectivity index (χ1n) is 9.08. The normalized spacial score (nSPS) is 47.7. The maximum absolute atomic E-state index is 10.9. The van der Waals surface area contributed by atoms with Crippen LogP contribution in [0.1, 0.15) is 44.9 Å². The Morgan fingerprint density at radius 2 is 1.61 bits per heavy atom. The third-order valence-corrected chi connectivity index (χ3v) is 6.92. The molecule has 4 bridgehead atoms. The standard InChI is InChI=1S/C17H25NO5/c19-15(20)10-18-3-1-16(2-4-18)21-17(23-22-16)13-6-11-5-12(8-13)9-14(17)7-11/h11-14H,1-10H2,(H,19,20). The highest BCUT2D eigenvalue weighted by Crippen LogP contribution is 2.63. The SMILES string of the molecule is O=C(O)CN1CCC2(CC1)OOC1(O2)C2CC3CC(C2)CC1C3. The summed E-state index contributed by atoms with van der Waals surface area (Å²) in [5, 5.41) is 8.93. The van der Waals surface area contributed by atoms with Crippen molar-refractivity contribution in [1.82, 2.24) is 4.90 Å². The highest BCUT2D eigenvalue weighted by molar-refractivity contribution is 5.69. The molecule has 0 aromatic heterocycles. The second-order valence-corrected chi connectivity index (χ2v) is 8.38. The summed E-state index contributed by atoms with van der Waals surface area (Å²) < 4.78 is 6.59. The number of hydrogen-bond acceptors (Lipinski definition) is 5. The summed E-state index contributed by atoms with van der Waals surface area (Å²) in [4.78, 5) is 24.6. The van der Waals surface area contributed by atoms with Crippen LogP contribution in [0.25, 0.3) is 0 Å². The van der Waals surface area contributed by atoms with E-state index in [1.165, 1.54) is 32.1 Å². The lowest BCUT2D eigenvalue weighted by atomic mass is 9.53. The molecule has 0 radical (unpaired) electrons. The Bertz CT molecular complexity index is 485. The largest absolute Gasteiger partial charge is 0.480 e. The van der Waals surface area contributed by atoms with Gasteiger partial charge in [0, 0.05) is 37.8 Å². The summed E-state index contributed by atoms with van der Waals surface area (Å²) in [5.41, 5.74) is 0. The quantitative estimate of drug-likeness (QED) is 0.784. The summed E-state index contributed by atoms with van der Waals surface area (Å²) in [5.74, 6) is 0.758. The number of likely N-dealkylation sites (tertiary alicyclic amines) is 1. The minimum atomic E-state index is -0.775. The molecule has 2 aliphatic heterocycles. The fourth-order valence-electron chi connectivity index (χ4n) is 6.04. The van der Waals surface area contributed by atoms with Crippen LogP contribution in [0.3, 0.4) is 0 Å². The van der Waals surface area contributed by atoms with Gasteiger partial charge in [0.2, 0.25) is 11.6 Å². The zero-order valence-electron chi connectivity index (χ0n) is 13.4. The van der Waals surface area contributed by atoms with Gasteiger partial charge in [-0.1, -0.05) is 0 Å². The molecule has 1 N–H and O–H groups in total. The average Bonchev–Trinajstić information content (AvgIpc) is 2.87. The molecular formula is C17H25NO5. The zero-order chi connectivity index (χ0) is 15.7. The first-order chi connectivity index (χ1) is 11.1. The molecule has 6 aliphatic rings. The summed E-state index contributed by atoms with van der Waals surface area (Å²) in [7, 11) is 0. The van der Waals surface area contributed by atoms with Crippen LogP contribution in [0, 0.1) is 23.7 Å². The van der Waals surface area contributed by atoms with Gasteiger partial charge in [0.25, 0.3) is 0 Å².